The van der Waals surface area contributed by atoms with E-state index in [1.54, 1.807) is 0 Å². The lowest BCUT2D eigenvalue weighted by Gasteiger charge is -2.35. The number of fused-ring (bicyclic) bond motifs is 1. The Balaban J connectivity index is 1.96. The predicted molar refractivity (Wildman–Crippen MR) is 99.7 cm³/mol. The number of alkyl halides is 3. The average molecular weight is 455 g/mol. The molecule has 4 rings (SSSR count). The summed E-state index contributed by atoms with van der Waals surface area (Å²) in [6.07, 6.45) is -2.52. The lowest BCUT2D eigenvalue weighted by molar-refractivity contribution is -0.136. The summed E-state index contributed by atoms with van der Waals surface area (Å²) in [5.41, 5.74) is -4.56. The minimum atomic E-state index is -4.85. The van der Waals surface area contributed by atoms with Crippen molar-refractivity contribution in [3.05, 3.63) is 77.8 Å². The maximum Gasteiger partial charge on any atom is 0.418 e. The Labute approximate surface area is 176 Å². The second-order valence-corrected chi connectivity index (χ2v) is 7.25. The van der Waals surface area contributed by atoms with E-state index in [1.165, 1.54) is 13.3 Å². The number of rotatable bonds is 5. The first-order valence-corrected chi connectivity index (χ1v) is 9.26. The van der Waals surface area contributed by atoms with E-state index in [2.05, 4.69) is 15.2 Å². The molecule has 168 valence electrons. The molecule has 0 saturated heterocycles. The summed E-state index contributed by atoms with van der Waals surface area (Å²) >= 11 is 0. The van der Waals surface area contributed by atoms with Gasteiger partial charge in [0, 0.05) is 11.6 Å². The molecule has 1 N–H and O–H groups in total. The smallest absolute Gasteiger partial charge is 0.381 e. The molecule has 2 aromatic carbocycles. The van der Waals surface area contributed by atoms with Gasteiger partial charge in [0.2, 0.25) is 5.95 Å². The molecule has 0 bridgehead atoms. The third kappa shape index (κ3) is 3.60. The van der Waals surface area contributed by atoms with Crippen molar-refractivity contribution in [3.8, 4) is 0 Å². The highest BCUT2D eigenvalue weighted by Crippen LogP contribution is 2.41. The van der Waals surface area contributed by atoms with Gasteiger partial charge in [0.1, 0.15) is 29.9 Å². The van der Waals surface area contributed by atoms with E-state index >= 15 is 0 Å². The van der Waals surface area contributed by atoms with Gasteiger partial charge in [0.15, 0.2) is 0 Å². The molecule has 0 radical (unpaired) electrons. The summed E-state index contributed by atoms with van der Waals surface area (Å²) in [5, 5.41) is 18.6. The molecular weight excluding hydrogens is 440 g/mol. The summed E-state index contributed by atoms with van der Waals surface area (Å²) in [6.45, 7) is 0.757. The van der Waals surface area contributed by atoms with Gasteiger partial charge in [-0.1, -0.05) is 12.1 Å². The van der Waals surface area contributed by atoms with Crippen LogP contribution in [0, 0.1) is 17.6 Å². The summed E-state index contributed by atoms with van der Waals surface area (Å²) in [4.78, 5) is 3.72. The van der Waals surface area contributed by atoms with Crippen LogP contribution in [0.4, 0.5) is 26.3 Å². The first-order valence-electron chi connectivity index (χ1n) is 9.26. The molecule has 0 saturated carbocycles. The summed E-state index contributed by atoms with van der Waals surface area (Å²) in [6, 6.07) is 3.82. The Kier molecular flexibility index (Phi) is 5.19. The normalized spacial score (nSPS) is 15.1. The second kappa shape index (κ2) is 7.62. The third-order valence-corrected chi connectivity index (χ3v) is 5.31. The number of hydrogen-bond donors (Lipinski definition) is 1. The van der Waals surface area contributed by atoms with E-state index in [4.69, 9.17) is 0 Å². The highest BCUT2D eigenvalue weighted by Gasteiger charge is 2.43. The number of nitrogens with zero attached hydrogens (tertiary/aromatic N) is 5. The fourth-order valence-electron chi connectivity index (χ4n) is 3.71. The maximum atomic E-state index is 14.7. The summed E-state index contributed by atoms with van der Waals surface area (Å²) < 4.78 is 85.4. The van der Waals surface area contributed by atoms with E-state index in [-0.39, 0.29) is 0 Å². The molecule has 0 fully saturated rings. The molecule has 0 aliphatic carbocycles. The van der Waals surface area contributed by atoms with Crippen molar-refractivity contribution in [3.63, 3.8) is 0 Å². The molecule has 6 nitrogen and oxygen atoms in total. The highest BCUT2D eigenvalue weighted by atomic mass is 19.4. The van der Waals surface area contributed by atoms with Crippen molar-refractivity contribution < 1.29 is 31.4 Å². The number of halogens is 6. The highest BCUT2D eigenvalue weighted by molar-refractivity contribution is 5.83. The van der Waals surface area contributed by atoms with Crippen LogP contribution in [-0.4, -0.2) is 29.7 Å². The minimum absolute atomic E-state index is 0.422. The van der Waals surface area contributed by atoms with Crippen molar-refractivity contribution in [2.75, 3.05) is 0 Å². The molecular formula is C20H15F6N5O. The number of hydrogen-bond acceptors (Lipinski definition) is 4. The van der Waals surface area contributed by atoms with Gasteiger partial charge in [-0.05, 0) is 25.1 Å². The van der Waals surface area contributed by atoms with Crippen molar-refractivity contribution >= 4 is 10.9 Å². The van der Waals surface area contributed by atoms with Crippen LogP contribution in [0.1, 0.15) is 24.1 Å². The third-order valence-electron chi connectivity index (χ3n) is 5.31. The Morgan fingerprint density at radius 2 is 1.81 bits per heavy atom. The SMILES string of the molecule is C[C@@H](n1nc(F)c2cccc(C(F)(F)F)c21)[C@](O)(Cn1cncn1)c1ccc(F)cc1F. The van der Waals surface area contributed by atoms with Gasteiger partial charge in [0.25, 0.3) is 0 Å². The molecule has 32 heavy (non-hydrogen) atoms. The van der Waals surface area contributed by atoms with Gasteiger partial charge in [-0.2, -0.15) is 22.7 Å². The van der Waals surface area contributed by atoms with Crippen LogP contribution in [0.25, 0.3) is 10.9 Å². The molecule has 0 aliphatic rings. The van der Waals surface area contributed by atoms with Gasteiger partial charge in [0.05, 0.1) is 29.1 Å². The number of para-hydroxylation sites is 1. The molecule has 0 amide bonds. The minimum Gasteiger partial charge on any atom is -0.381 e. The van der Waals surface area contributed by atoms with E-state index in [0.717, 1.165) is 41.3 Å². The lowest BCUT2D eigenvalue weighted by Crippen LogP contribution is -2.41. The number of aromatic nitrogens is 5. The molecule has 2 atom stereocenters. The fourth-order valence-corrected chi connectivity index (χ4v) is 3.71. The summed E-state index contributed by atoms with van der Waals surface area (Å²) in [7, 11) is 0. The van der Waals surface area contributed by atoms with Crippen LogP contribution < -0.4 is 0 Å². The van der Waals surface area contributed by atoms with Crippen LogP contribution in [0.3, 0.4) is 0 Å². The van der Waals surface area contributed by atoms with E-state index < -0.39 is 64.0 Å². The van der Waals surface area contributed by atoms with Gasteiger partial charge in [-0.3, -0.25) is 4.68 Å². The van der Waals surface area contributed by atoms with Gasteiger partial charge in [-0.15, -0.1) is 5.10 Å². The van der Waals surface area contributed by atoms with E-state index in [1.807, 2.05) is 0 Å². The molecule has 12 heteroatoms. The topological polar surface area (TPSA) is 68.8 Å². The van der Waals surface area contributed by atoms with Crippen LogP contribution in [0.5, 0.6) is 0 Å². The zero-order chi connectivity index (χ0) is 23.3. The standard InChI is InChI=1S/C20H15F6N5O/c1-11(31-17-13(18(23)29-31)3-2-4-15(17)20(24,25)26)19(32,8-30-10-27-9-28-30)14-6-5-12(21)7-16(14)22/h2-7,9-11,32H,8H2,1H3/t11-,19-/m1/s1. The zero-order valence-corrected chi connectivity index (χ0v) is 16.4. The second-order valence-electron chi connectivity index (χ2n) is 7.25. The van der Waals surface area contributed by atoms with Crippen LogP contribution in [0.2, 0.25) is 0 Å². The quantitative estimate of drug-likeness (QED) is 0.458. The lowest BCUT2D eigenvalue weighted by atomic mass is 9.86. The van der Waals surface area contributed by atoms with Crippen molar-refractivity contribution in [1.82, 2.24) is 24.5 Å². The molecule has 0 spiro atoms. The molecule has 4 aromatic rings. The van der Waals surface area contributed by atoms with Gasteiger partial charge < -0.3 is 5.11 Å². The largest absolute Gasteiger partial charge is 0.418 e. The van der Waals surface area contributed by atoms with E-state index in [9.17, 15) is 31.4 Å². The van der Waals surface area contributed by atoms with Crippen molar-refractivity contribution in [2.45, 2.75) is 31.3 Å². The molecule has 0 unspecified atom stereocenters. The van der Waals surface area contributed by atoms with Gasteiger partial charge in [-0.25, -0.2) is 18.4 Å². The maximum absolute atomic E-state index is 14.7. The monoisotopic (exact) mass is 455 g/mol. The Morgan fingerprint density at radius 3 is 2.44 bits per heavy atom. The van der Waals surface area contributed by atoms with Gasteiger partial charge >= 0.3 is 6.18 Å². The molecule has 2 heterocycles. The van der Waals surface area contributed by atoms with Crippen LogP contribution in [0.15, 0.2) is 49.1 Å². The first-order chi connectivity index (χ1) is 15.0. The average Bonchev–Trinajstić information content (AvgIpc) is 3.34. The number of benzene rings is 2. The summed E-state index contributed by atoms with van der Waals surface area (Å²) in [5.74, 6) is -3.26. The first kappa shape index (κ1) is 21.8. The van der Waals surface area contributed by atoms with Crippen LogP contribution in [-0.2, 0) is 18.3 Å². The number of aliphatic hydroxyl groups is 1. The Bertz CT molecular complexity index is 1270. The van der Waals surface area contributed by atoms with E-state index in [0.29, 0.717) is 10.7 Å². The zero-order valence-electron chi connectivity index (χ0n) is 16.4. The van der Waals surface area contributed by atoms with Crippen LogP contribution >= 0.6 is 0 Å². The van der Waals surface area contributed by atoms with Crippen molar-refractivity contribution in [2.24, 2.45) is 0 Å². The Morgan fingerprint density at radius 1 is 1.06 bits per heavy atom. The Hall–Kier alpha value is -3.41. The fraction of sp³-hybridized carbons (Fsp3) is 0.250. The molecule has 2 aromatic heterocycles. The molecule has 0 aliphatic heterocycles. The van der Waals surface area contributed by atoms with Crippen molar-refractivity contribution in [1.29, 1.82) is 0 Å². The predicted octanol–water partition coefficient (Wildman–Crippen LogP) is 4.21.